The van der Waals surface area contributed by atoms with Gasteiger partial charge in [-0.15, -0.1) is 0 Å². The van der Waals surface area contributed by atoms with E-state index in [1.165, 1.54) is 6.92 Å². The third-order valence-electron chi connectivity index (χ3n) is 6.73. The van der Waals surface area contributed by atoms with Crippen molar-refractivity contribution in [3.63, 3.8) is 0 Å². The van der Waals surface area contributed by atoms with Crippen LogP contribution in [0.5, 0.6) is 0 Å². The third-order valence-corrected chi connectivity index (χ3v) is 6.73. The summed E-state index contributed by atoms with van der Waals surface area (Å²) in [4.78, 5) is 56.2. The molecule has 0 aliphatic rings. The molecule has 0 aliphatic heterocycles. The van der Waals surface area contributed by atoms with E-state index in [2.05, 4.69) is 25.9 Å². The Bertz CT molecular complexity index is 1530. The molecule has 12 heteroatoms. The molecule has 0 bridgehead atoms. The Morgan fingerprint density at radius 1 is 0.775 bits per heavy atom. The van der Waals surface area contributed by atoms with Gasteiger partial charge in [0.1, 0.15) is 18.1 Å². The number of aliphatic hydroxyl groups excluding tert-OH is 1. The SMILES string of the molecule is CC(NC(=O)C(N)Cc1c[nH]c2ccccc12)C(=O)NC(CO)C(=O)NC(Cc1c[nH]c2ccccc12)C(=O)O. The van der Waals surface area contributed by atoms with Crippen molar-refractivity contribution in [2.75, 3.05) is 6.61 Å². The van der Waals surface area contributed by atoms with Crippen LogP contribution in [-0.2, 0) is 32.0 Å². The van der Waals surface area contributed by atoms with Crippen molar-refractivity contribution in [1.82, 2.24) is 25.9 Å². The van der Waals surface area contributed by atoms with Crippen LogP contribution < -0.4 is 21.7 Å². The number of nitrogens with two attached hydrogens (primary N) is 1. The van der Waals surface area contributed by atoms with E-state index in [1.54, 1.807) is 12.4 Å². The molecule has 4 rings (SSSR count). The molecule has 40 heavy (non-hydrogen) atoms. The van der Waals surface area contributed by atoms with E-state index in [4.69, 9.17) is 5.73 Å². The number of H-pyrrole nitrogens is 2. The summed E-state index contributed by atoms with van der Waals surface area (Å²) < 4.78 is 0. The fourth-order valence-corrected chi connectivity index (χ4v) is 4.50. The Labute approximate surface area is 229 Å². The molecule has 0 fully saturated rings. The molecule has 2 aromatic carbocycles. The lowest BCUT2D eigenvalue weighted by Crippen LogP contribution is -2.57. The smallest absolute Gasteiger partial charge is 0.326 e. The molecule has 2 heterocycles. The van der Waals surface area contributed by atoms with E-state index in [9.17, 15) is 29.4 Å². The predicted octanol–water partition coefficient (Wildman–Crippen LogP) is 0.313. The summed E-state index contributed by atoms with van der Waals surface area (Å²) >= 11 is 0. The zero-order valence-corrected chi connectivity index (χ0v) is 21.8. The van der Waals surface area contributed by atoms with Crippen molar-refractivity contribution >= 4 is 45.5 Å². The summed E-state index contributed by atoms with van der Waals surface area (Å²) in [5, 5.41) is 28.4. The molecule has 3 amide bonds. The van der Waals surface area contributed by atoms with Crippen LogP contribution in [-0.4, -0.2) is 74.6 Å². The summed E-state index contributed by atoms with van der Waals surface area (Å²) in [7, 11) is 0. The van der Waals surface area contributed by atoms with Crippen molar-refractivity contribution in [3.8, 4) is 0 Å². The first-order valence-corrected chi connectivity index (χ1v) is 12.8. The third kappa shape index (κ3) is 6.47. The van der Waals surface area contributed by atoms with Crippen molar-refractivity contribution in [1.29, 1.82) is 0 Å². The van der Waals surface area contributed by atoms with Gasteiger partial charge in [0.15, 0.2) is 0 Å². The maximum absolute atomic E-state index is 12.8. The van der Waals surface area contributed by atoms with Gasteiger partial charge >= 0.3 is 5.97 Å². The van der Waals surface area contributed by atoms with Crippen LogP contribution in [0.2, 0.25) is 0 Å². The number of fused-ring (bicyclic) bond motifs is 2. The van der Waals surface area contributed by atoms with Crippen LogP contribution >= 0.6 is 0 Å². The minimum absolute atomic E-state index is 0.0159. The number of hydrogen-bond donors (Lipinski definition) is 8. The van der Waals surface area contributed by atoms with Crippen LogP contribution in [0.15, 0.2) is 60.9 Å². The lowest BCUT2D eigenvalue weighted by molar-refractivity contribution is -0.142. The molecule has 0 saturated heterocycles. The lowest BCUT2D eigenvalue weighted by atomic mass is 10.0. The van der Waals surface area contributed by atoms with Gasteiger partial charge in [-0.2, -0.15) is 0 Å². The molecule has 2 aromatic heterocycles. The molecule has 210 valence electrons. The highest BCUT2D eigenvalue weighted by molar-refractivity contribution is 5.94. The van der Waals surface area contributed by atoms with Gasteiger partial charge in [0.2, 0.25) is 17.7 Å². The first kappa shape index (κ1) is 28.3. The zero-order valence-electron chi connectivity index (χ0n) is 21.8. The molecule has 0 spiro atoms. The summed E-state index contributed by atoms with van der Waals surface area (Å²) in [5.74, 6) is -3.46. The van der Waals surface area contributed by atoms with Gasteiger partial charge in [0, 0.05) is 40.6 Å². The Balaban J connectivity index is 1.32. The number of carbonyl (C=O) groups excluding carboxylic acids is 3. The second-order valence-corrected chi connectivity index (χ2v) is 9.61. The van der Waals surface area contributed by atoms with E-state index in [-0.39, 0.29) is 12.8 Å². The van der Waals surface area contributed by atoms with Gasteiger partial charge in [-0.1, -0.05) is 36.4 Å². The van der Waals surface area contributed by atoms with Crippen LogP contribution in [0.4, 0.5) is 0 Å². The monoisotopic (exact) mass is 548 g/mol. The van der Waals surface area contributed by atoms with Gasteiger partial charge in [0.25, 0.3) is 0 Å². The summed E-state index contributed by atoms with van der Waals surface area (Å²) in [6.45, 7) is 0.632. The number of amides is 3. The van der Waals surface area contributed by atoms with Crippen molar-refractivity contribution in [3.05, 3.63) is 72.1 Å². The predicted molar refractivity (Wildman–Crippen MR) is 148 cm³/mol. The quantitative estimate of drug-likeness (QED) is 0.124. The fraction of sp³-hybridized carbons (Fsp3) is 0.286. The van der Waals surface area contributed by atoms with Gasteiger partial charge in [-0.3, -0.25) is 14.4 Å². The molecule has 12 nitrogen and oxygen atoms in total. The average molecular weight is 549 g/mol. The number of aliphatic hydroxyl groups is 1. The molecule has 4 atom stereocenters. The molecule has 4 aromatic rings. The maximum Gasteiger partial charge on any atom is 0.326 e. The number of aromatic nitrogens is 2. The Morgan fingerprint density at radius 2 is 1.30 bits per heavy atom. The fourth-order valence-electron chi connectivity index (χ4n) is 4.50. The number of rotatable bonds is 12. The minimum atomic E-state index is -1.43. The first-order chi connectivity index (χ1) is 19.2. The number of carboxylic acids is 1. The van der Waals surface area contributed by atoms with E-state index in [0.717, 1.165) is 27.4 Å². The maximum atomic E-state index is 12.8. The number of nitrogens with one attached hydrogen (secondary N) is 5. The lowest BCUT2D eigenvalue weighted by Gasteiger charge is -2.22. The Kier molecular flexibility index (Phi) is 8.82. The summed E-state index contributed by atoms with van der Waals surface area (Å²) in [5.41, 5.74) is 9.36. The van der Waals surface area contributed by atoms with Gasteiger partial charge in [-0.25, -0.2) is 4.79 Å². The van der Waals surface area contributed by atoms with E-state index < -0.39 is 54.5 Å². The highest BCUT2D eigenvalue weighted by Crippen LogP contribution is 2.20. The number of carboxylic acid groups (broad SMARTS) is 1. The van der Waals surface area contributed by atoms with Gasteiger partial charge in [-0.05, 0) is 36.6 Å². The van der Waals surface area contributed by atoms with Crippen molar-refractivity contribution < 1.29 is 29.4 Å². The highest BCUT2D eigenvalue weighted by atomic mass is 16.4. The minimum Gasteiger partial charge on any atom is -0.480 e. The van der Waals surface area contributed by atoms with Crippen LogP contribution in [0.3, 0.4) is 0 Å². The molecule has 0 radical (unpaired) electrons. The number of hydrogen-bond acceptors (Lipinski definition) is 6. The number of benzene rings is 2. The second-order valence-electron chi connectivity index (χ2n) is 9.61. The second kappa shape index (κ2) is 12.5. The number of carbonyl (C=O) groups is 4. The van der Waals surface area contributed by atoms with Gasteiger partial charge in [0.05, 0.1) is 12.6 Å². The van der Waals surface area contributed by atoms with Crippen LogP contribution in [0, 0.1) is 0 Å². The molecule has 4 unspecified atom stereocenters. The Hall–Kier alpha value is -4.68. The standard InChI is InChI=1S/C28H32N6O6/c1-15(32-26(37)20(29)10-16-12-30-21-8-4-2-6-18(16)21)25(36)34-24(14-35)27(38)33-23(28(39)40)11-17-13-31-22-9-5-3-7-19(17)22/h2-9,12-13,15,20,23-24,30-31,35H,10-11,14,29H2,1H3,(H,32,37)(H,33,38)(H,34,36)(H,39,40). The van der Waals surface area contributed by atoms with Gasteiger partial charge < -0.3 is 41.9 Å². The van der Waals surface area contributed by atoms with Crippen molar-refractivity contribution in [2.24, 2.45) is 5.73 Å². The van der Waals surface area contributed by atoms with Crippen LogP contribution in [0.1, 0.15) is 18.1 Å². The normalized spacial score (nSPS) is 14.3. The topological polar surface area (TPSA) is 202 Å². The van der Waals surface area contributed by atoms with E-state index >= 15 is 0 Å². The summed E-state index contributed by atoms with van der Waals surface area (Å²) in [6, 6.07) is 10.2. The molecule has 0 aliphatic carbocycles. The zero-order chi connectivity index (χ0) is 28.8. The summed E-state index contributed by atoms with van der Waals surface area (Å²) in [6.07, 6.45) is 3.67. The largest absolute Gasteiger partial charge is 0.480 e. The number of aliphatic carboxylic acids is 1. The van der Waals surface area contributed by atoms with Crippen LogP contribution in [0.25, 0.3) is 21.8 Å². The Morgan fingerprint density at radius 3 is 1.85 bits per heavy atom. The molecular formula is C28H32N6O6. The van der Waals surface area contributed by atoms with Crippen molar-refractivity contribution in [2.45, 2.75) is 43.9 Å². The number of aromatic amines is 2. The molecule has 0 saturated carbocycles. The van der Waals surface area contributed by atoms with E-state index in [1.807, 2.05) is 48.5 Å². The first-order valence-electron chi connectivity index (χ1n) is 12.8. The molecular weight excluding hydrogens is 516 g/mol. The van der Waals surface area contributed by atoms with E-state index in [0.29, 0.717) is 5.56 Å². The average Bonchev–Trinajstić information content (AvgIpc) is 3.55. The molecule has 9 N–H and O–H groups in total. The number of para-hydroxylation sites is 2. The highest BCUT2D eigenvalue weighted by Gasteiger charge is 2.29.